The zero-order chi connectivity index (χ0) is 12.4. The van der Waals surface area contributed by atoms with Crippen LogP contribution in [0.5, 0.6) is 5.75 Å². The van der Waals surface area contributed by atoms with Crippen molar-refractivity contribution in [1.82, 2.24) is 5.16 Å². The molecule has 1 amide bonds. The number of aromatic nitrogens is 1. The van der Waals surface area contributed by atoms with Crippen molar-refractivity contribution < 1.29 is 14.4 Å². The number of rotatable bonds is 2. The van der Waals surface area contributed by atoms with Crippen LogP contribution in [-0.4, -0.2) is 16.2 Å². The summed E-state index contributed by atoms with van der Waals surface area (Å²) >= 11 is 0. The van der Waals surface area contributed by atoms with Crippen molar-refractivity contribution in [3.8, 4) is 5.75 Å². The van der Waals surface area contributed by atoms with Gasteiger partial charge in [-0.05, 0) is 26.0 Å². The molecule has 2 N–H and O–H groups in total. The van der Waals surface area contributed by atoms with E-state index in [1.165, 1.54) is 0 Å². The Morgan fingerprint density at radius 1 is 1.41 bits per heavy atom. The molecule has 0 aliphatic heterocycles. The molecule has 1 aromatic heterocycles. The molecule has 1 heterocycles. The van der Waals surface area contributed by atoms with Gasteiger partial charge in [-0.25, -0.2) is 0 Å². The largest absolute Gasteiger partial charge is 0.508 e. The van der Waals surface area contributed by atoms with Gasteiger partial charge in [-0.15, -0.1) is 0 Å². The van der Waals surface area contributed by atoms with Gasteiger partial charge >= 0.3 is 0 Å². The zero-order valence-electron chi connectivity index (χ0n) is 9.52. The Bertz CT molecular complexity index is 561. The van der Waals surface area contributed by atoms with Gasteiger partial charge in [0, 0.05) is 17.3 Å². The predicted molar refractivity (Wildman–Crippen MR) is 62.0 cm³/mol. The van der Waals surface area contributed by atoms with Crippen molar-refractivity contribution in [2.75, 3.05) is 5.32 Å². The van der Waals surface area contributed by atoms with E-state index >= 15 is 0 Å². The maximum Gasteiger partial charge on any atom is 0.294 e. The van der Waals surface area contributed by atoms with Crippen molar-refractivity contribution in [1.29, 1.82) is 0 Å². The second kappa shape index (κ2) is 4.29. The Morgan fingerprint density at radius 3 is 2.82 bits per heavy atom. The van der Waals surface area contributed by atoms with Crippen molar-refractivity contribution in [2.45, 2.75) is 13.8 Å². The van der Waals surface area contributed by atoms with Crippen LogP contribution >= 0.6 is 0 Å². The number of anilines is 1. The van der Waals surface area contributed by atoms with Gasteiger partial charge in [0.25, 0.3) is 5.91 Å². The van der Waals surface area contributed by atoms with E-state index in [0.29, 0.717) is 16.9 Å². The van der Waals surface area contributed by atoms with E-state index in [1.54, 1.807) is 38.1 Å². The zero-order valence-corrected chi connectivity index (χ0v) is 9.52. The summed E-state index contributed by atoms with van der Waals surface area (Å²) in [6.07, 6.45) is 0. The highest BCUT2D eigenvalue weighted by atomic mass is 16.5. The summed E-state index contributed by atoms with van der Waals surface area (Å²) in [6.45, 7) is 3.45. The third kappa shape index (κ3) is 2.28. The fraction of sp³-hybridized carbons (Fsp3) is 0.167. The smallest absolute Gasteiger partial charge is 0.294 e. The SMILES string of the molecule is Cc1cc(C(=O)Nc2cccc(O)c2C)on1. The third-order valence-corrected chi connectivity index (χ3v) is 2.41. The van der Waals surface area contributed by atoms with E-state index in [2.05, 4.69) is 10.5 Å². The monoisotopic (exact) mass is 232 g/mol. The number of aromatic hydroxyl groups is 1. The van der Waals surface area contributed by atoms with Gasteiger partial charge in [-0.2, -0.15) is 0 Å². The molecular weight excluding hydrogens is 220 g/mol. The lowest BCUT2D eigenvalue weighted by Gasteiger charge is -2.07. The van der Waals surface area contributed by atoms with Crippen LogP contribution in [0.3, 0.4) is 0 Å². The highest BCUT2D eigenvalue weighted by Gasteiger charge is 2.13. The molecule has 0 bridgehead atoms. The minimum Gasteiger partial charge on any atom is -0.508 e. The van der Waals surface area contributed by atoms with Gasteiger partial charge in [-0.3, -0.25) is 4.79 Å². The van der Waals surface area contributed by atoms with Crippen molar-refractivity contribution >= 4 is 11.6 Å². The number of hydrogen-bond acceptors (Lipinski definition) is 4. The first kappa shape index (κ1) is 11.2. The summed E-state index contributed by atoms with van der Waals surface area (Å²) < 4.78 is 4.84. The molecule has 2 rings (SSSR count). The molecule has 0 fully saturated rings. The molecule has 0 saturated carbocycles. The van der Waals surface area contributed by atoms with Crippen LogP contribution in [0.15, 0.2) is 28.8 Å². The van der Waals surface area contributed by atoms with E-state index in [9.17, 15) is 9.90 Å². The number of nitrogens with one attached hydrogen (secondary N) is 1. The lowest BCUT2D eigenvalue weighted by Crippen LogP contribution is -2.11. The first-order chi connectivity index (χ1) is 8.08. The van der Waals surface area contributed by atoms with Crippen molar-refractivity contribution in [3.05, 3.63) is 41.3 Å². The second-order valence-electron chi connectivity index (χ2n) is 3.74. The Kier molecular flexibility index (Phi) is 2.82. The number of aryl methyl sites for hydroxylation is 1. The van der Waals surface area contributed by atoms with Crippen LogP contribution in [0.1, 0.15) is 21.8 Å². The number of amides is 1. The third-order valence-electron chi connectivity index (χ3n) is 2.41. The van der Waals surface area contributed by atoms with Crippen LogP contribution in [0.2, 0.25) is 0 Å². The molecule has 5 heteroatoms. The van der Waals surface area contributed by atoms with Gasteiger partial charge in [0.2, 0.25) is 5.76 Å². The number of hydrogen-bond donors (Lipinski definition) is 2. The fourth-order valence-corrected chi connectivity index (χ4v) is 1.41. The predicted octanol–water partition coefficient (Wildman–Crippen LogP) is 2.25. The maximum absolute atomic E-state index is 11.8. The summed E-state index contributed by atoms with van der Waals surface area (Å²) in [4.78, 5) is 11.8. The van der Waals surface area contributed by atoms with Crippen LogP contribution in [0.4, 0.5) is 5.69 Å². The lowest BCUT2D eigenvalue weighted by molar-refractivity contribution is 0.0988. The number of phenolic OH excluding ortho intramolecular Hbond substituents is 1. The van der Waals surface area contributed by atoms with Gasteiger partial charge < -0.3 is 14.9 Å². The van der Waals surface area contributed by atoms with E-state index in [1.807, 2.05) is 0 Å². The van der Waals surface area contributed by atoms with Gasteiger partial charge in [-0.1, -0.05) is 11.2 Å². The van der Waals surface area contributed by atoms with E-state index in [-0.39, 0.29) is 17.4 Å². The molecule has 0 atom stereocenters. The number of nitrogens with zero attached hydrogens (tertiary/aromatic N) is 1. The highest BCUT2D eigenvalue weighted by molar-refractivity contribution is 6.02. The number of phenols is 1. The van der Waals surface area contributed by atoms with Crippen LogP contribution in [-0.2, 0) is 0 Å². The summed E-state index contributed by atoms with van der Waals surface area (Å²) in [6, 6.07) is 6.47. The number of carbonyl (C=O) groups is 1. The first-order valence-corrected chi connectivity index (χ1v) is 5.11. The molecule has 2 aromatic rings. The summed E-state index contributed by atoms with van der Waals surface area (Å²) in [5.41, 5.74) is 1.80. The fourth-order valence-electron chi connectivity index (χ4n) is 1.41. The minimum atomic E-state index is -0.390. The van der Waals surface area contributed by atoms with E-state index < -0.39 is 0 Å². The molecule has 0 spiro atoms. The Morgan fingerprint density at radius 2 is 2.18 bits per heavy atom. The topological polar surface area (TPSA) is 75.4 Å². The Hall–Kier alpha value is -2.30. The quantitative estimate of drug-likeness (QED) is 0.832. The van der Waals surface area contributed by atoms with Crippen molar-refractivity contribution in [2.24, 2.45) is 0 Å². The average Bonchev–Trinajstić information content (AvgIpc) is 2.72. The van der Waals surface area contributed by atoms with Crippen LogP contribution in [0.25, 0.3) is 0 Å². The van der Waals surface area contributed by atoms with Crippen molar-refractivity contribution in [3.63, 3.8) is 0 Å². The average molecular weight is 232 g/mol. The molecule has 0 saturated heterocycles. The second-order valence-corrected chi connectivity index (χ2v) is 3.74. The van der Waals surface area contributed by atoms with Crippen LogP contribution < -0.4 is 5.32 Å². The summed E-state index contributed by atoms with van der Waals surface area (Å²) in [5.74, 6) is -0.110. The Labute approximate surface area is 98.1 Å². The minimum absolute atomic E-state index is 0.136. The Balaban J connectivity index is 2.21. The summed E-state index contributed by atoms with van der Waals surface area (Å²) in [5, 5.41) is 15.8. The van der Waals surface area contributed by atoms with Gasteiger partial charge in [0.05, 0.1) is 5.69 Å². The molecular formula is C12H12N2O3. The molecule has 17 heavy (non-hydrogen) atoms. The summed E-state index contributed by atoms with van der Waals surface area (Å²) in [7, 11) is 0. The number of benzene rings is 1. The van der Waals surface area contributed by atoms with E-state index in [4.69, 9.17) is 4.52 Å². The van der Waals surface area contributed by atoms with Gasteiger partial charge in [0.15, 0.2) is 0 Å². The number of carbonyl (C=O) groups excluding carboxylic acids is 1. The first-order valence-electron chi connectivity index (χ1n) is 5.11. The van der Waals surface area contributed by atoms with E-state index in [0.717, 1.165) is 0 Å². The molecule has 0 aliphatic carbocycles. The highest BCUT2D eigenvalue weighted by Crippen LogP contribution is 2.24. The molecule has 88 valence electrons. The molecule has 0 unspecified atom stereocenters. The normalized spacial score (nSPS) is 10.2. The standard InChI is InChI=1S/C12H12N2O3/c1-7-6-11(17-14-7)12(16)13-9-4-3-5-10(15)8(9)2/h3-6,15H,1-2H3,(H,13,16). The van der Waals surface area contributed by atoms with Gasteiger partial charge in [0.1, 0.15) is 5.75 Å². The molecule has 0 radical (unpaired) electrons. The van der Waals surface area contributed by atoms with Crippen LogP contribution in [0, 0.1) is 13.8 Å². The molecule has 0 aliphatic rings. The lowest BCUT2D eigenvalue weighted by atomic mass is 10.2. The maximum atomic E-state index is 11.8. The molecule has 1 aromatic carbocycles. The molecule has 5 nitrogen and oxygen atoms in total.